The van der Waals surface area contributed by atoms with Crippen LogP contribution in [0.1, 0.15) is 139 Å². The van der Waals surface area contributed by atoms with Crippen LogP contribution in [0, 0.1) is 11.3 Å². The number of aliphatic hydroxyl groups is 2. The lowest BCUT2D eigenvalue weighted by Crippen LogP contribution is -2.32. The Morgan fingerprint density at radius 3 is 1.76 bits per heavy atom. The normalized spacial score (nSPS) is 16.8. The summed E-state index contributed by atoms with van der Waals surface area (Å²) in [5, 5.41) is 20.7. The molecule has 0 saturated heterocycles. The Morgan fingerprint density at radius 1 is 0.690 bits per heavy atom. The number of carbonyl (C=O) groups is 2. The zero-order valence-electron chi connectivity index (χ0n) is 35.7. The van der Waals surface area contributed by atoms with E-state index in [1.807, 2.05) is 0 Å². The van der Waals surface area contributed by atoms with Gasteiger partial charge in [-0.1, -0.05) is 95.2 Å². The molecule has 2 N–H and O–H groups in total. The molecule has 5 rings (SSSR count). The zero-order valence-corrected chi connectivity index (χ0v) is 35.7. The molecule has 58 heavy (non-hydrogen) atoms. The first kappa shape index (κ1) is 44.9. The van der Waals surface area contributed by atoms with Crippen LogP contribution in [0.4, 0.5) is 0 Å². The highest BCUT2D eigenvalue weighted by Crippen LogP contribution is 2.47. The maximum Gasteiger partial charge on any atom is 0.333 e. The van der Waals surface area contributed by atoms with Crippen LogP contribution in [-0.2, 0) is 31.9 Å². The third kappa shape index (κ3) is 12.4. The van der Waals surface area contributed by atoms with E-state index < -0.39 is 17.4 Å². The van der Waals surface area contributed by atoms with E-state index in [-0.39, 0.29) is 26.4 Å². The van der Waals surface area contributed by atoms with Crippen molar-refractivity contribution in [3.8, 4) is 28.0 Å². The molecule has 3 aromatic carbocycles. The van der Waals surface area contributed by atoms with Gasteiger partial charge in [-0.15, -0.1) is 0 Å². The molecule has 3 aromatic rings. The molecule has 0 bridgehead atoms. The average Bonchev–Trinajstić information content (AvgIpc) is 4.09. The second-order valence-corrected chi connectivity index (χ2v) is 17.3. The average molecular weight is 793 g/mol. The standard InChI is InChI=1S/C51H68O7/c1-7-8-25-51(33-52,34-53)26-29-56-48-43(11-9-27-57-49(54)35(2)3)30-45(31-44(48)12-10-28-58-50(55)36(4)5)46-24-23-42(32-47(46)41-21-22-41)40-19-17-39(18-20-40)38-15-13-37(6)14-16-38/h17-20,23-24,30-32,37-38,41,52-53H,2,4,7-16,21-22,25-29,33-34H2,1,3,5-6H3. The molecule has 0 aromatic heterocycles. The van der Waals surface area contributed by atoms with Crippen LogP contribution in [0.2, 0.25) is 0 Å². The van der Waals surface area contributed by atoms with Crippen LogP contribution in [0.25, 0.3) is 22.3 Å². The topological polar surface area (TPSA) is 102 Å². The third-order valence-electron chi connectivity index (χ3n) is 12.3. The summed E-state index contributed by atoms with van der Waals surface area (Å²) in [6.07, 6.45) is 13.0. The number of hydrogen-bond acceptors (Lipinski definition) is 7. The van der Waals surface area contributed by atoms with E-state index in [9.17, 15) is 19.8 Å². The lowest BCUT2D eigenvalue weighted by atomic mass is 9.79. The third-order valence-corrected chi connectivity index (χ3v) is 12.3. The van der Waals surface area contributed by atoms with Crippen LogP contribution in [0.3, 0.4) is 0 Å². The molecule has 0 heterocycles. The summed E-state index contributed by atoms with van der Waals surface area (Å²) in [6, 6.07) is 20.6. The molecule has 7 heteroatoms. The number of aryl methyl sites for hydroxylation is 2. The number of rotatable bonds is 23. The van der Waals surface area contributed by atoms with Gasteiger partial charge in [0.05, 0.1) is 33.0 Å². The minimum atomic E-state index is -0.625. The van der Waals surface area contributed by atoms with Crippen LogP contribution in [0.5, 0.6) is 5.75 Å². The van der Waals surface area contributed by atoms with Crippen LogP contribution < -0.4 is 4.74 Å². The van der Waals surface area contributed by atoms with Crippen molar-refractivity contribution in [2.45, 2.75) is 129 Å². The fourth-order valence-corrected chi connectivity index (χ4v) is 8.26. The first-order valence-corrected chi connectivity index (χ1v) is 21.9. The smallest absolute Gasteiger partial charge is 0.333 e. The number of benzene rings is 3. The predicted molar refractivity (Wildman–Crippen MR) is 234 cm³/mol. The van der Waals surface area contributed by atoms with Crippen molar-refractivity contribution in [2.24, 2.45) is 11.3 Å². The Kier molecular flexibility index (Phi) is 16.8. The minimum Gasteiger partial charge on any atom is -0.493 e. The van der Waals surface area contributed by atoms with Gasteiger partial charge in [-0.05, 0) is 152 Å². The van der Waals surface area contributed by atoms with Gasteiger partial charge in [-0.3, -0.25) is 0 Å². The summed E-state index contributed by atoms with van der Waals surface area (Å²) in [5.41, 5.74) is 9.70. The van der Waals surface area contributed by atoms with Gasteiger partial charge in [0.15, 0.2) is 0 Å². The van der Waals surface area contributed by atoms with Crippen LogP contribution in [-0.4, -0.2) is 55.2 Å². The SMILES string of the molecule is C=C(C)C(=O)OCCCc1cc(-c2ccc(-c3ccc(C4CCC(C)CC4)cc3)cc2C2CC2)cc(CCCOC(=O)C(=C)C)c1OCCC(CO)(CO)CCCC. The van der Waals surface area contributed by atoms with Crippen molar-refractivity contribution in [1.29, 1.82) is 0 Å². The van der Waals surface area contributed by atoms with E-state index in [0.717, 1.165) is 54.0 Å². The molecule has 0 spiro atoms. The van der Waals surface area contributed by atoms with Crippen molar-refractivity contribution in [3.05, 3.63) is 101 Å². The van der Waals surface area contributed by atoms with Gasteiger partial charge < -0.3 is 24.4 Å². The molecule has 2 aliphatic carbocycles. The highest BCUT2D eigenvalue weighted by atomic mass is 16.5. The van der Waals surface area contributed by atoms with Crippen molar-refractivity contribution >= 4 is 11.9 Å². The van der Waals surface area contributed by atoms with Gasteiger partial charge in [0.1, 0.15) is 5.75 Å². The monoisotopic (exact) mass is 792 g/mol. The molecular weight excluding hydrogens is 725 g/mol. The maximum absolute atomic E-state index is 12.2. The minimum absolute atomic E-state index is 0.113. The second-order valence-electron chi connectivity index (χ2n) is 17.3. The molecule has 0 radical (unpaired) electrons. The molecule has 314 valence electrons. The summed E-state index contributed by atoms with van der Waals surface area (Å²) < 4.78 is 17.7. The largest absolute Gasteiger partial charge is 0.493 e. The number of esters is 2. The van der Waals surface area contributed by atoms with E-state index in [1.165, 1.54) is 53.5 Å². The van der Waals surface area contributed by atoms with Gasteiger partial charge in [-0.2, -0.15) is 0 Å². The molecule has 0 unspecified atom stereocenters. The lowest BCUT2D eigenvalue weighted by Gasteiger charge is -2.30. The number of carbonyl (C=O) groups excluding carboxylic acids is 2. The Balaban J connectivity index is 1.49. The van der Waals surface area contributed by atoms with Crippen molar-refractivity contribution in [1.82, 2.24) is 0 Å². The van der Waals surface area contributed by atoms with E-state index in [1.54, 1.807) is 13.8 Å². The van der Waals surface area contributed by atoms with Gasteiger partial charge in [-0.25, -0.2) is 9.59 Å². The molecule has 7 nitrogen and oxygen atoms in total. The summed E-state index contributed by atoms with van der Waals surface area (Å²) in [4.78, 5) is 24.5. The zero-order chi connectivity index (χ0) is 41.7. The van der Waals surface area contributed by atoms with Crippen LogP contribution >= 0.6 is 0 Å². The summed E-state index contributed by atoms with van der Waals surface area (Å²) in [7, 11) is 0. The fraction of sp³-hybridized carbons (Fsp3) is 0.529. The van der Waals surface area contributed by atoms with Gasteiger partial charge >= 0.3 is 11.9 Å². The Hall–Kier alpha value is -4.20. The van der Waals surface area contributed by atoms with Gasteiger partial charge in [0.25, 0.3) is 0 Å². The van der Waals surface area contributed by atoms with E-state index in [4.69, 9.17) is 14.2 Å². The first-order chi connectivity index (χ1) is 28.0. The summed E-state index contributed by atoms with van der Waals surface area (Å²) in [5.74, 6) is 1.95. The number of aliphatic hydroxyl groups excluding tert-OH is 2. The van der Waals surface area contributed by atoms with Crippen molar-refractivity contribution in [3.63, 3.8) is 0 Å². The summed E-state index contributed by atoms with van der Waals surface area (Å²) in [6.45, 7) is 15.8. The molecule has 2 saturated carbocycles. The van der Waals surface area contributed by atoms with Crippen molar-refractivity contribution < 1.29 is 34.0 Å². The van der Waals surface area contributed by atoms with E-state index >= 15 is 0 Å². The van der Waals surface area contributed by atoms with E-state index in [2.05, 4.69) is 81.6 Å². The molecular formula is C51H68O7. The second kappa shape index (κ2) is 21.7. The molecule has 0 atom stereocenters. The Morgan fingerprint density at radius 2 is 1.24 bits per heavy atom. The first-order valence-electron chi connectivity index (χ1n) is 21.9. The lowest BCUT2D eigenvalue weighted by molar-refractivity contribution is -0.139. The Bertz CT molecular complexity index is 1790. The highest BCUT2D eigenvalue weighted by molar-refractivity contribution is 5.87. The fourth-order valence-electron chi connectivity index (χ4n) is 8.26. The summed E-state index contributed by atoms with van der Waals surface area (Å²) >= 11 is 0. The molecule has 2 aliphatic rings. The Labute approximate surface area is 347 Å². The molecule has 2 fully saturated rings. The maximum atomic E-state index is 12.2. The number of ether oxygens (including phenoxy) is 3. The molecule has 0 aliphatic heterocycles. The van der Waals surface area contributed by atoms with Gasteiger partial charge in [0, 0.05) is 16.6 Å². The van der Waals surface area contributed by atoms with Crippen LogP contribution in [0.15, 0.2) is 78.9 Å². The predicted octanol–water partition coefficient (Wildman–Crippen LogP) is 11.2. The highest BCUT2D eigenvalue weighted by Gasteiger charge is 2.30. The quantitative estimate of drug-likeness (QED) is 0.0560. The van der Waals surface area contributed by atoms with Crippen molar-refractivity contribution in [2.75, 3.05) is 33.0 Å². The molecule has 0 amide bonds. The number of hydrogen-bond donors (Lipinski definition) is 2. The number of unbranched alkanes of at least 4 members (excludes halogenated alkanes) is 1. The van der Waals surface area contributed by atoms with Gasteiger partial charge in [0.2, 0.25) is 0 Å². The van der Waals surface area contributed by atoms with E-state index in [0.29, 0.717) is 68.1 Å².